The zero-order valence-corrected chi connectivity index (χ0v) is 34.6. The van der Waals surface area contributed by atoms with Crippen molar-refractivity contribution < 1.29 is 23.9 Å². The molecular weight excluding hydrogens is 657 g/mol. The molecule has 0 aliphatic rings. The summed E-state index contributed by atoms with van der Waals surface area (Å²) < 4.78 is 10.9. The van der Waals surface area contributed by atoms with E-state index in [0.717, 1.165) is 122 Å². The van der Waals surface area contributed by atoms with Crippen LogP contribution in [-0.4, -0.2) is 85.1 Å². The average Bonchev–Trinajstić information content (AvgIpc) is 3.13. The fourth-order valence-electron chi connectivity index (χ4n) is 5.83. The molecule has 0 aliphatic carbocycles. The van der Waals surface area contributed by atoms with Gasteiger partial charge in [0.25, 0.3) is 0 Å². The van der Waals surface area contributed by atoms with Gasteiger partial charge < -0.3 is 19.3 Å². The Morgan fingerprint density at radius 3 is 1.43 bits per heavy atom. The van der Waals surface area contributed by atoms with Crippen LogP contribution in [-0.2, 0) is 23.9 Å². The lowest BCUT2D eigenvalue weighted by molar-refractivity contribution is -0.144. The first-order chi connectivity index (χ1) is 25.0. The molecule has 0 N–H and O–H groups in total. The van der Waals surface area contributed by atoms with Gasteiger partial charge in [0.2, 0.25) is 5.91 Å². The van der Waals surface area contributed by atoms with Gasteiger partial charge in [-0.15, -0.1) is 0 Å². The second-order valence-electron chi connectivity index (χ2n) is 13.8. The number of hydrogen-bond acceptors (Lipinski definition) is 7. The van der Waals surface area contributed by atoms with E-state index in [0.29, 0.717) is 31.8 Å². The normalized spacial score (nSPS) is 11.6. The van der Waals surface area contributed by atoms with Crippen molar-refractivity contribution in [2.45, 2.75) is 175 Å². The molecule has 8 heteroatoms. The van der Waals surface area contributed by atoms with Crippen molar-refractivity contribution in [3.05, 3.63) is 24.3 Å². The molecule has 0 rings (SSSR count). The van der Waals surface area contributed by atoms with Gasteiger partial charge in [-0.2, -0.15) is 11.8 Å². The van der Waals surface area contributed by atoms with Gasteiger partial charge in [0.15, 0.2) is 0 Å². The summed E-state index contributed by atoms with van der Waals surface area (Å²) in [4.78, 5) is 41.7. The highest BCUT2D eigenvalue weighted by Crippen LogP contribution is 2.12. The topological polar surface area (TPSA) is 76.1 Å². The molecule has 0 saturated heterocycles. The van der Waals surface area contributed by atoms with Crippen LogP contribution < -0.4 is 0 Å². The molecule has 51 heavy (non-hydrogen) atoms. The summed E-state index contributed by atoms with van der Waals surface area (Å²) in [5.74, 6) is 1.60. The Labute approximate surface area is 319 Å². The third kappa shape index (κ3) is 35.0. The SMILES string of the molecule is CCCCCCC=CCCC(=O)OCCCCCCN(CCCCCCOC(=O)CCC=CCCCCCC)C(=O)CSCCCN(CC)CC. The maximum absolute atomic E-state index is 13.2. The van der Waals surface area contributed by atoms with Gasteiger partial charge in [0.05, 0.1) is 19.0 Å². The van der Waals surface area contributed by atoms with E-state index >= 15 is 0 Å². The Bertz CT molecular complexity index is 809. The molecular formula is C43H80N2O5S. The van der Waals surface area contributed by atoms with E-state index < -0.39 is 0 Å². The van der Waals surface area contributed by atoms with Gasteiger partial charge in [-0.05, 0) is 109 Å². The number of carbonyl (C=O) groups is 3. The third-order valence-corrected chi connectivity index (χ3v) is 10.2. The first-order valence-electron chi connectivity index (χ1n) is 21.2. The van der Waals surface area contributed by atoms with E-state index in [2.05, 4.69) is 61.8 Å². The number of ether oxygens (including phenoxy) is 2. The molecule has 0 saturated carbocycles. The number of unbranched alkanes of at least 4 members (excludes halogenated alkanes) is 14. The number of rotatable bonds is 38. The highest BCUT2D eigenvalue weighted by molar-refractivity contribution is 7.99. The lowest BCUT2D eigenvalue weighted by atomic mass is 10.1. The molecule has 0 aromatic rings. The molecule has 0 radical (unpaired) electrons. The van der Waals surface area contributed by atoms with E-state index in [4.69, 9.17) is 9.47 Å². The van der Waals surface area contributed by atoms with E-state index in [1.807, 2.05) is 0 Å². The fourth-order valence-corrected chi connectivity index (χ4v) is 6.66. The van der Waals surface area contributed by atoms with Crippen LogP contribution in [0.4, 0.5) is 0 Å². The van der Waals surface area contributed by atoms with Gasteiger partial charge in [0, 0.05) is 25.9 Å². The summed E-state index contributed by atoms with van der Waals surface area (Å²) in [6.45, 7) is 14.6. The maximum atomic E-state index is 13.2. The zero-order chi connectivity index (χ0) is 37.5. The minimum absolute atomic E-state index is 0.105. The first kappa shape index (κ1) is 49.2. The van der Waals surface area contributed by atoms with Crippen LogP contribution in [0.15, 0.2) is 24.3 Å². The highest BCUT2D eigenvalue weighted by Gasteiger charge is 2.13. The quantitative estimate of drug-likeness (QED) is 0.0355. The molecule has 0 unspecified atom stereocenters. The Morgan fingerprint density at radius 1 is 0.510 bits per heavy atom. The van der Waals surface area contributed by atoms with Gasteiger partial charge in [0.1, 0.15) is 0 Å². The summed E-state index contributed by atoms with van der Waals surface area (Å²) in [7, 11) is 0. The van der Waals surface area contributed by atoms with Gasteiger partial charge in [-0.1, -0.05) is 103 Å². The van der Waals surface area contributed by atoms with Gasteiger partial charge in [-0.25, -0.2) is 0 Å². The summed E-state index contributed by atoms with van der Waals surface area (Å²) >= 11 is 1.76. The van der Waals surface area contributed by atoms with Crippen molar-refractivity contribution >= 4 is 29.6 Å². The lowest BCUT2D eigenvalue weighted by Gasteiger charge is -2.23. The Kier molecular flexibility index (Phi) is 38.0. The largest absolute Gasteiger partial charge is 0.466 e. The maximum Gasteiger partial charge on any atom is 0.306 e. The number of amides is 1. The molecule has 0 fully saturated rings. The summed E-state index contributed by atoms with van der Waals surface area (Å²) in [6, 6.07) is 0. The Morgan fingerprint density at radius 2 is 0.961 bits per heavy atom. The van der Waals surface area contributed by atoms with E-state index in [9.17, 15) is 14.4 Å². The van der Waals surface area contributed by atoms with Gasteiger partial charge >= 0.3 is 11.9 Å². The standard InChI is InChI=1S/C43H80N2O5S/c1-5-9-11-13-15-17-19-25-32-42(47)49-37-29-23-21-27-35-45(41(46)40-51-39-31-34-44(7-3)8-4)36-28-22-24-30-38-50-43(48)33-26-20-18-16-14-12-10-6-2/h17-20H,5-16,21-40H2,1-4H3. The van der Waals surface area contributed by atoms with Crippen molar-refractivity contribution in [3.8, 4) is 0 Å². The van der Waals surface area contributed by atoms with Gasteiger partial charge in [-0.3, -0.25) is 14.4 Å². The van der Waals surface area contributed by atoms with Crippen LogP contribution in [0.2, 0.25) is 0 Å². The van der Waals surface area contributed by atoms with Crippen LogP contribution >= 0.6 is 11.8 Å². The van der Waals surface area contributed by atoms with Crippen LogP contribution in [0.25, 0.3) is 0 Å². The molecule has 0 atom stereocenters. The van der Waals surface area contributed by atoms with Crippen molar-refractivity contribution in [1.82, 2.24) is 9.80 Å². The predicted octanol–water partition coefficient (Wildman–Crippen LogP) is 11.1. The molecule has 0 spiro atoms. The predicted molar refractivity (Wildman–Crippen MR) is 219 cm³/mol. The summed E-state index contributed by atoms with van der Waals surface area (Å²) in [5, 5.41) is 0. The minimum atomic E-state index is -0.105. The summed E-state index contributed by atoms with van der Waals surface area (Å²) in [5.41, 5.74) is 0. The number of carbonyl (C=O) groups excluding carboxylic acids is 3. The number of hydrogen-bond donors (Lipinski definition) is 0. The number of nitrogens with zero attached hydrogens (tertiary/aromatic N) is 2. The molecule has 0 bridgehead atoms. The smallest absolute Gasteiger partial charge is 0.306 e. The van der Waals surface area contributed by atoms with Crippen LogP contribution in [0.3, 0.4) is 0 Å². The van der Waals surface area contributed by atoms with Crippen molar-refractivity contribution in [3.63, 3.8) is 0 Å². The lowest BCUT2D eigenvalue weighted by Crippen LogP contribution is -2.34. The molecule has 7 nitrogen and oxygen atoms in total. The van der Waals surface area contributed by atoms with E-state index in [1.165, 1.54) is 51.4 Å². The number of allylic oxidation sites excluding steroid dienone is 4. The third-order valence-electron chi connectivity index (χ3n) is 9.22. The van der Waals surface area contributed by atoms with Crippen molar-refractivity contribution in [1.29, 1.82) is 0 Å². The molecule has 0 heterocycles. The average molecular weight is 737 g/mol. The zero-order valence-electron chi connectivity index (χ0n) is 33.8. The molecule has 0 aromatic heterocycles. The number of thioether (sulfide) groups is 1. The van der Waals surface area contributed by atoms with Crippen molar-refractivity contribution in [2.24, 2.45) is 0 Å². The minimum Gasteiger partial charge on any atom is -0.466 e. The molecule has 0 aromatic carbocycles. The Balaban J connectivity index is 4.27. The first-order valence-corrected chi connectivity index (χ1v) is 22.3. The van der Waals surface area contributed by atoms with Crippen LogP contribution in [0, 0.1) is 0 Å². The molecule has 1 amide bonds. The molecule has 0 aliphatic heterocycles. The van der Waals surface area contributed by atoms with Crippen molar-refractivity contribution in [2.75, 3.05) is 57.4 Å². The summed E-state index contributed by atoms with van der Waals surface area (Å²) in [6.07, 6.45) is 32.2. The second-order valence-corrected chi connectivity index (χ2v) is 14.9. The number of esters is 2. The van der Waals surface area contributed by atoms with E-state index in [-0.39, 0.29) is 17.8 Å². The fraction of sp³-hybridized carbons (Fsp3) is 0.837. The van der Waals surface area contributed by atoms with Crippen LogP contribution in [0.5, 0.6) is 0 Å². The van der Waals surface area contributed by atoms with E-state index in [1.54, 1.807) is 11.8 Å². The second kappa shape index (κ2) is 39.4. The monoisotopic (exact) mass is 737 g/mol. The Hall–Kier alpha value is -1.80. The molecule has 298 valence electrons. The highest BCUT2D eigenvalue weighted by atomic mass is 32.2. The van der Waals surface area contributed by atoms with Crippen LogP contribution in [0.1, 0.15) is 175 Å².